The van der Waals surface area contributed by atoms with E-state index < -0.39 is 0 Å². The van der Waals surface area contributed by atoms with Crippen LogP contribution < -0.4 is 0 Å². The number of imidazole rings is 1. The molecule has 3 nitrogen and oxygen atoms in total. The predicted octanol–water partition coefficient (Wildman–Crippen LogP) is 1.68. The van der Waals surface area contributed by atoms with E-state index in [2.05, 4.69) is 4.98 Å². The number of nitrogens with zero attached hydrogens (tertiary/aromatic N) is 2. The van der Waals surface area contributed by atoms with Gasteiger partial charge in [0.05, 0.1) is 0 Å². The Balaban J connectivity index is 2.68. The Hall–Kier alpha value is -1.71. The molecular formula is C9H7FN2O. The number of Topliss-reactive ketones (excluding diaryl/α,β-unsaturated/α-hetero) is 1. The minimum absolute atomic E-state index is 0.121. The molecule has 0 N–H and O–H groups in total. The second-order valence-corrected chi connectivity index (χ2v) is 2.79. The van der Waals surface area contributed by atoms with Crippen molar-refractivity contribution in [2.75, 3.05) is 0 Å². The predicted molar refractivity (Wildman–Crippen MR) is 45.2 cm³/mol. The molecule has 2 aromatic heterocycles. The fourth-order valence-electron chi connectivity index (χ4n) is 1.13. The lowest BCUT2D eigenvalue weighted by molar-refractivity contribution is 0.101. The molecule has 0 aliphatic heterocycles. The van der Waals surface area contributed by atoms with Crippen LogP contribution in [0.25, 0.3) is 5.65 Å². The maximum Gasteiger partial charge on any atom is 0.179 e. The number of hydrogen-bond donors (Lipinski definition) is 0. The molecule has 0 bridgehead atoms. The highest BCUT2D eigenvalue weighted by Crippen LogP contribution is 2.07. The Kier molecular flexibility index (Phi) is 1.62. The van der Waals surface area contributed by atoms with Crippen molar-refractivity contribution >= 4 is 11.4 Å². The first-order valence-electron chi connectivity index (χ1n) is 3.82. The number of carbonyl (C=O) groups excluding carboxylic acids is 1. The van der Waals surface area contributed by atoms with Gasteiger partial charge in [-0.2, -0.15) is 0 Å². The monoisotopic (exact) mass is 178 g/mol. The second kappa shape index (κ2) is 2.65. The van der Waals surface area contributed by atoms with E-state index in [0.29, 0.717) is 11.3 Å². The molecule has 4 heteroatoms. The van der Waals surface area contributed by atoms with E-state index in [1.165, 1.54) is 25.3 Å². The molecule has 2 heterocycles. The van der Waals surface area contributed by atoms with Crippen molar-refractivity contribution < 1.29 is 9.18 Å². The third-order valence-electron chi connectivity index (χ3n) is 1.78. The van der Waals surface area contributed by atoms with Crippen LogP contribution in [0.1, 0.15) is 17.4 Å². The minimum Gasteiger partial charge on any atom is -0.306 e. The van der Waals surface area contributed by atoms with Crippen LogP contribution in [0.15, 0.2) is 24.5 Å². The molecule has 13 heavy (non-hydrogen) atoms. The summed E-state index contributed by atoms with van der Waals surface area (Å²) in [6.45, 7) is 1.43. The molecule has 0 saturated heterocycles. The van der Waals surface area contributed by atoms with Gasteiger partial charge in [-0.3, -0.25) is 4.79 Å². The van der Waals surface area contributed by atoms with E-state index in [1.807, 2.05) is 0 Å². The van der Waals surface area contributed by atoms with Gasteiger partial charge in [0.25, 0.3) is 0 Å². The van der Waals surface area contributed by atoms with Gasteiger partial charge in [-0.05, 0) is 6.07 Å². The van der Waals surface area contributed by atoms with Crippen LogP contribution in [-0.2, 0) is 0 Å². The Morgan fingerprint density at radius 3 is 3.08 bits per heavy atom. The van der Waals surface area contributed by atoms with Crippen molar-refractivity contribution in [3.63, 3.8) is 0 Å². The van der Waals surface area contributed by atoms with Crippen LogP contribution in [0.5, 0.6) is 0 Å². The molecule has 0 amide bonds. The second-order valence-electron chi connectivity index (χ2n) is 2.79. The Bertz CT molecular complexity index is 475. The van der Waals surface area contributed by atoms with Crippen molar-refractivity contribution in [1.29, 1.82) is 0 Å². The number of fused-ring (bicyclic) bond motifs is 1. The maximum absolute atomic E-state index is 12.7. The lowest BCUT2D eigenvalue weighted by Crippen LogP contribution is -1.89. The summed E-state index contributed by atoms with van der Waals surface area (Å²) < 4.78 is 14.3. The lowest BCUT2D eigenvalue weighted by atomic mass is 10.3. The van der Waals surface area contributed by atoms with Crippen molar-refractivity contribution in [3.05, 3.63) is 36.0 Å². The number of pyridine rings is 1. The van der Waals surface area contributed by atoms with Crippen molar-refractivity contribution in [3.8, 4) is 0 Å². The summed E-state index contributed by atoms with van der Waals surface area (Å²) in [5.74, 6) is -0.475. The number of hydrogen-bond acceptors (Lipinski definition) is 2. The highest BCUT2D eigenvalue weighted by Gasteiger charge is 2.05. The van der Waals surface area contributed by atoms with Gasteiger partial charge in [0.15, 0.2) is 5.78 Å². The number of halogens is 1. The molecule has 0 radical (unpaired) electrons. The van der Waals surface area contributed by atoms with Crippen molar-refractivity contribution in [2.24, 2.45) is 0 Å². The van der Waals surface area contributed by atoms with E-state index in [4.69, 9.17) is 0 Å². The van der Waals surface area contributed by atoms with E-state index in [0.717, 1.165) is 0 Å². The molecule has 2 aromatic rings. The van der Waals surface area contributed by atoms with Gasteiger partial charge in [0.2, 0.25) is 0 Å². The van der Waals surface area contributed by atoms with E-state index in [9.17, 15) is 9.18 Å². The van der Waals surface area contributed by atoms with Gasteiger partial charge in [0.1, 0.15) is 17.2 Å². The van der Waals surface area contributed by atoms with Crippen LogP contribution in [0.3, 0.4) is 0 Å². The fraction of sp³-hybridized carbons (Fsp3) is 0.111. The van der Waals surface area contributed by atoms with Crippen LogP contribution in [0.2, 0.25) is 0 Å². The normalized spacial score (nSPS) is 10.6. The third-order valence-corrected chi connectivity index (χ3v) is 1.78. The van der Waals surface area contributed by atoms with Gasteiger partial charge < -0.3 is 4.40 Å². The Morgan fingerprint density at radius 1 is 1.62 bits per heavy atom. The smallest absolute Gasteiger partial charge is 0.179 e. The zero-order chi connectivity index (χ0) is 9.42. The highest BCUT2D eigenvalue weighted by atomic mass is 19.1. The van der Waals surface area contributed by atoms with E-state index in [-0.39, 0.29) is 11.6 Å². The first-order valence-corrected chi connectivity index (χ1v) is 3.82. The highest BCUT2D eigenvalue weighted by molar-refractivity contribution is 5.92. The largest absolute Gasteiger partial charge is 0.306 e. The Morgan fingerprint density at radius 2 is 2.38 bits per heavy atom. The van der Waals surface area contributed by atoms with Crippen LogP contribution >= 0.6 is 0 Å². The SMILES string of the molecule is CC(=O)c1cn2ccc(F)cc2n1. The van der Waals surface area contributed by atoms with Gasteiger partial charge in [-0.1, -0.05) is 0 Å². The molecule has 0 unspecified atom stereocenters. The minimum atomic E-state index is -0.354. The molecule has 0 saturated carbocycles. The zero-order valence-corrected chi connectivity index (χ0v) is 6.99. The van der Waals surface area contributed by atoms with Crippen LogP contribution in [-0.4, -0.2) is 15.2 Å². The topological polar surface area (TPSA) is 34.4 Å². The van der Waals surface area contributed by atoms with Gasteiger partial charge in [-0.25, -0.2) is 9.37 Å². The zero-order valence-electron chi connectivity index (χ0n) is 6.99. The summed E-state index contributed by atoms with van der Waals surface area (Å²) in [7, 11) is 0. The first-order chi connectivity index (χ1) is 6.16. The number of carbonyl (C=O) groups is 1. The fourth-order valence-corrected chi connectivity index (χ4v) is 1.13. The molecular weight excluding hydrogens is 171 g/mol. The summed E-state index contributed by atoms with van der Waals surface area (Å²) >= 11 is 0. The molecule has 0 aliphatic rings. The lowest BCUT2D eigenvalue weighted by Gasteiger charge is -1.89. The third kappa shape index (κ3) is 1.30. The summed E-state index contributed by atoms with van der Waals surface area (Å²) in [4.78, 5) is 14.9. The molecule has 0 aliphatic carbocycles. The van der Waals surface area contributed by atoms with Gasteiger partial charge in [-0.15, -0.1) is 0 Å². The standard InChI is InChI=1S/C9H7FN2O/c1-6(13)8-5-12-3-2-7(10)4-9(12)11-8/h2-5H,1H3. The summed E-state index contributed by atoms with van der Waals surface area (Å²) in [6.07, 6.45) is 3.11. The van der Waals surface area contributed by atoms with Gasteiger partial charge >= 0.3 is 0 Å². The maximum atomic E-state index is 12.7. The number of rotatable bonds is 1. The average molecular weight is 178 g/mol. The van der Waals surface area contributed by atoms with Crippen molar-refractivity contribution in [2.45, 2.75) is 6.92 Å². The summed E-state index contributed by atoms with van der Waals surface area (Å²) in [5.41, 5.74) is 0.802. The van der Waals surface area contributed by atoms with Crippen LogP contribution in [0, 0.1) is 5.82 Å². The number of aromatic nitrogens is 2. The van der Waals surface area contributed by atoms with Gasteiger partial charge in [0, 0.05) is 25.4 Å². The number of ketones is 1. The van der Waals surface area contributed by atoms with Crippen molar-refractivity contribution in [1.82, 2.24) is 9.38 Å². The molecule has 0 spiro atoms. The summed E-state index contributed by atoms with van der Waals surface area (Å²) in [6, 6.07) is 2.60. The molecule has 66 valence electrons. The Labute approximate surface area is 73.8 Å². The quantitative estimate of drug-likeness (QED) is 0.622. The average Bonchev–Trinajstić information content (AvgIpc) is 2.46. The first kappa shape index (κ1) is 7.91. The summed E-state index contributed by atoms with van der Waals surface area (Å²) in [5, 5.41) is 0. The molecule has 2 rings (SSSR count). The van der Waals surface area contributed by atoms with E-state index >= 15 is 0 Å². The molecule has 0 aromatic carbocycles. The molecule has 0 fully saturated rings. The van der Waals surface area contributed by atoms with Crippen LogP contribution in [0.4, 0.5) is 4.39 Å². The molecule has 0 atom stereocenters. The van der Waals surface area contributed by atoms with E-state index in [1.54, 1.807) is 10.6 Å².